The van der Waals surface area contributed by atoms with Crippen LogP contribution in [0.5, 0.6) is 0 Å². The predicted molar refractivity (Wildman–Crippen MR) is 62.4 cm³/mol. The van der Waals surface area contributed by atoms with E-state index in [1.165, 1.54) is 17.5 Å². The van der Waals surface area contributed by atoms with E-state index in [2.05, 4.69) is 45.0 Å². The average molecular weight is 191 g/mol. The molecule has 0 saturated carbocycles. The number of hydrogen-bond acceptors (Lipinski definition) is 1. The van der Waals surface area contributed by atoms with Crippen molar-refractivity contribution in [2.45, 2.75) is 33.1 Å². The van der Waals surface area contributed by atoms with Crippen molar-refractivity contribution in [1.29, 1.82) is 0 Å². The Morgan fingerprint density at radius 2 is 1.79 bits per heavy atom. The molecule has 0 amide bonds. The highest BCUT2D eigenvalue weighted by Crippen LogP contribution is 2.27. The molecular formula is C13H21N. The molecule has 0 aliphatic rings. The largest absolute Gasteiger partial charge is 0.330 e. The molecule has 0 aliphatic heterocycles. The average Bonchev–Trinajstić information content (AvgIpc) is 2.21. The highest BCUT2D eigenvalue weighted by atomic mass is 14.5. The SMILES string of the molecule is CCC(c1ccc(C)cc1)[C@@H](C)CN. The van der Waals surface area contributed by atoms with E-state index in [-0.39, 0.29) is 0 Å². The molecule has 2 N–H and O–H groups in total. The first-order valence-corrected chi connectivity index (χ1v) is 5.45. The van der Waals surface area contributed by atoms with Crippen molar-refractivity contribution in [2.75, 3.05) is 6.54 Å². The number of rotatable bonds is 4. The molecule has 2 atom stereocenters. The van der Waals surface area contributed by atoms with Crippen molar-refractivity contribution in [3.8, 4) is 0 Å². The Kier molecular flexibility index (Phi) is 4.15. The van der Waals surface area contributed by atoms with Crippen LogP contribution >= 0.6 is 0 Å². The van der Waals surface area contributed by atoms with Gasteiger partial charge in [-0.3, -0.25) is 0 Å². The Morgan fingerprint density at radius 3 is 2.21 bits per heavy atom. The molecule has 0 aromatic heterocycles. The van der Waals surface area contributed by atoms with Gasteiger partial charge in [0.25, 0.3) is 0 Å². The van der Waals surface area contributed by atoms with Crippen LogP contribution in [0.2, 0.25) is 0 Å². The van der Waals surface area contributed by atoms with Gasteiger partial charge in [0, 0.05) is 0 Å². The second-order valence-electron chi connectivity index (χ2n) is 4.14. The quantitative estimate of drug-likeness (QED) is 0.777. The van der Waals surface area contributed by atoms with Gasteiger partial charge in [0.05, 0.1) is 0 Å². The van der Waals surface area contributed by atoms with Crippen molar-refractivity contribution in [2.24, 2.45) is 11.7 Å². The fourth-order valence-electron chi connectivity index (χ4n) is 1.94. The predicted octanol–water partition coefficient (Wildman–Crippen LogP) is 3.08. The van der Waals surface area contributed by atoms with E-state index in [0.717, 1.165) is 6.54 Å². The third-order valence-electron chi connectivity index (χ3n) is 3.00. The van der Waals surface area contributed by atoms with Crippen molar-refractivity contribution >= 4 is 0 Å². The van der Waals surface area contributed by atoms with Crippen LogP contribution < -0.4 is 5.73 Å². The van der Waals surface area contributed by atoms with Crippen LogP contribution in [-0.2, 0) is 0 Å². The Balaban J connectivity index is 2.84. The van der Waals surface area contributed by atoms with Crippen molar-refractivity contribution in [3.63, 3.8) is 0 Å². The minimum atomic E-state index is 0.572. The Morgan fingerprint density at radius 1 is 1.21 bits per heavy atom. The molecule has 1 nitrogen and oxygen atoms in total. The van der Waals surface area contributed by atoms with Gasteiger partial charge in [0.2, 0.25) is 0 Å². The summed E-state index contributed by atoms with van der Waals surface area (Å²) in [7, 11) is 0. The molecule has 0 bridgehead atoms. The highest BCUT2D eigenvalue weighted by molar-refractivity contribution is 5.24. The molecule has 1 heteroatoms. The number of hydrogen-bond donors (Lipinski definition) is 1. The lowest BCUT2D eigenvalue weighted by molar-refractivity contribution is 0.457. The lowest BCUT2D eigenvalue weighted by Gasteiger charge is -2.21. The van der Waals surface area contributed by atoms with Crippen molar-refractivity contribution in [3.05, 3.63) is 35.4 Å². The highest BCUT2D eigenvalue weighted by Gasteiger charge is 2.15. The minimum absolute atomic E-state index is 0.572. The summed E-state index contributed by atoms with van der Waals surface area (Å²) < 4.78 is 0. The van der Waals surface area contributed by atoms with Gasteiger partial charge in [-0.25, -0.2) is 0 Å². The summed E-state index contributed by atoms with van der Waals surface area (Å²) in [6.45, 7) is 7.36. The molecular weight excluding hydrogens is 170 g/mol. The van der Waals surface area contributed by atoms with Crippen molar-refractivity contribution < 1.29 is 0 Å². The van der Waals surface area contributed by atoms with Crippen LogP contribution in [0.3, 0.4) is 0 Å². The third kappa shape index (κ3) is 2.58. The normalized spacial score (nSPS) is 15.1. The molecule has 0 aliphatic carbocycles. The van der Waals surface area contributed by atoms with Gasteiger partial charge in [0.1, 0.15) is 0 Å². The summed E-state index contributed by atoms with van der Waals surface area (Å²) in [5, 5.41) is 0. The summed E-state index contributed by atoms with van der Waals surface area (Å²) in [5.41, 5.74) is 8.47. The molecule has 78 valence electrons. The first kappa shape index (κ1) is 11.3. The van der Waals surface area contributed by atoms with E-state index in [4.69, 9.17) is 5.73 Å². The zero-order valence-electron chi connectivity index (χ0n) is 9.46. The standard InChI is InChI=1S/C13H21N/c1-4-13(11(3)9-14)12-7-5-10(2)6-8-12/h5-8,11,13H,4,9,14H2,1-3H3/t11-,13?/m0/s1. The first-order chi connectivity index (χ1) is 6.69. The van der Waals surface area contributed by atoms with Crippen LogP contribution in [0.15, 0.2) is 24.3 Å². The molecule has 1 rings (SSSR count). The topological polar surface area (TPSA) is 26.0 Å². The zero-order valence-corrected chi connectivity index (χ0v) is 9.46. The molecule has 0 radical (unpaired) electrons. The number of benzene rings is 1. The van der Waals surface area contributed by atoms with Crippen LogP contribution in [0.4, 0.5) is 0 Å². The third-order valence-corrected chi connectivity index (χ3v) is 3.00. The molecule has 0 saturated heterocycles. The Bertz CT molecular complexity index is 263. The van der Waals surface area contributed by atoms with Crippen LogP contribution in [0, 0.1) is 12.8 Å². The van der Waals surface area contributed by atoms with Crippen LogP contribution in [-0.4, -0.2) is 6.54 Å². The molecule has 0 fully saturated rings. The van der Waals surface area contributed by atoms with E-state index < -0.39 is 0 Å². The summed E-state index contributed by atoms with van der Waals surface area (Å²) in [4.78, 5) is 0. The second kappa shape index (κ2) is 5.16. The van der Waals surface area contributed by atoms with Gasteiger partial charge in [-0.05, 0) is 37.3 Å². The maximum absolute atomic E-state index is 5.72. The maximum atomic E-state index is 5.72. The summed E-state index contributed by atoms with van der Waals surface area (Å²) in [5.74, 6) is 1.18. The summed E-state index contributed by atoms with van der Waals surface area (Å²) in [6.07, 6.45) is 1.17. The second-order valence-corrected chi connectivity index (χ2v) is 4.14. The zero-order chi connectivity index (χ0) is 10.6. The molecule has 1 aromatic rings. The van der Waals surface area contributed by atoms with Gasteiger partial charge in [-0.15, -0.1) is 0 Å². The van der Waals surface area contributed by atoms with Crippen LogP contribution in [0.25, 0.3) is 0 Å². The van der Waals surface area contributed by atoms with Gasteiger partial charge in [0.15, 0.2) is 0 Å². The summed E-state index contributed by atoms with van der Waals surface area (Å²) >= 11 is 0. The van der Waals surface area contributed by atoms with Crippen molar-refractivity contribution in [1.82, 2.24) is 0 Å². The summed E-state index contributed by atoms with van der Waals surface area (Å²) in [6, 6.07) is 8.83. The van der Waals surface area contributed by atoms with Gasteiger partial charge in [-0.1, -0.05) is 43.7 Å². The molecule has 0 spiro atoms. The minimum Gasteiger partial charge on any atom is -0.330 e. The smallest absolute Gasteiger partial charge is 0.00457 e. The molecule has 14 heavy (non-hydrogen) atoms. The van der Waals surface area contributed by atoms with E-state index in [0.29, 0.717) is 11.8 Å². The first-order valence-electron chi connectivity index (χ1n) is 5.45. The fraction of sp³-hybridized carbons (Fsp3) is 0.538. The number of nitrogens with two attached hydrogens (primary N) is 1. The monoisotopic (exact) mass is 191 g/mol. The van der Waals surface area contributed by atoms with E-state index in [1.807, 2.05) is 0 Å². The van der Waals surface area contributed by atoms with Gasteiger partial charge in [-0.2, -0.15) is 0 Å². The fourth-order valence-corrected chi connectivity index (χ4v) is 1.94. The Labute approximate surface area is 87.3 Å². The van der Waals surface area contributed by atoms with E-state index >= 15 is 0 Å². The number of aryl methyl sites for hydroxylation is 1. The molecule has 1 aromatic carbocycles. The van der Waals surface area contributed by atoms with E-state index in [1.54, 1.807) is 0 Å². The lowest BCUT2D eigenvalue weighted by atomic mass is 9.85. The molecule has 0 heterocycles. The lowest BCUT2D eigenvalue weighted by Crippen LogP contribution is -2.18. The maximum Gasteiger partial charge on any atom is -0.00457 e. The van der Waals surface area contributed by atoms with Crippen LogP contribution in [0.1, 0.15) is 37.3 Å². The van der Waals surface area contributed by atoms with Gasteiger partial charge < -0.3 is 5.73 Å². The molecule has 1 unspecified atom stereocenters. The van der Waals surface area contributed by atoms with Gasteiger partial charge >= 0.3 is 0 Å². The van der Waals surface area contributed by atoms with E-state index in [9.17, 15) is 0 Å². The Hall–Kier alpha value is -0.820.